The first-order valence-corrected chi connectivity index (χ1v) is 6.42. The van der Waals surface area contributed by atoms with Gasteiger partial charge in [0.05, 0.1) is 6.33 Å². The summed E-state index contributed by atoms with van der Waals surface area (Å²) in [6, 6.07) is 0.262. The van der Waals surface area contributed by atoms with Crippen molar-refractivity contribution >= 4 is 28.6 Å². The van der Waals surface area contributed by atoms with E-state index < -0.39 is 0 Å². The Kier molecular flexibility index (Phi) is 3.90. The van der Waals surface area contributed by atoms with E-state index in [0.29, 0.717) is 11.3 Å². The molecule has 2 N–H and O–H groups in total. The zero-order chi connectivity index (χ0) is 14.0. The van der Waals surface area contributed by atoms with Crippen LogP contribution < -0.4 is 10.6 Å². The highest BCUT2D eigenvalue weighted by Gasteiger charge is 2.14. The van der Waals surface area contributed by atoms with Gasteiger partial charge in [-0.05, 0) is 32.4 Å². The Balaban J connectivity index is 2.52. The minimum absolute atomic E-state index is 0.203. The van der Waals surface area contributed by atoms with Crippen LogP contribution >= 0.6 is 11.6 Å². The van der Waals surface area contributed by atoms with Crippen LogP contribution in [-0.2, 0) is 0 Å². The maximum Gasteiger partial charge on any atom is 0.226 e. The number of nitrogens with one attached hydrogen (secondary N) is 2. The van der Waals surface area contributed by atoms with Crippen molar-refractivity contribution in [2.24, 2.45) is 0 Å². The van der Waals surface area contributed by atoms with Gasteiger partial charge >= 0.3 is 0 Å². The summed E-state index contributed by atoms with van der Waals surface area (Å²) in [5.41, 5.74) is 2.36. The molecule has 2 heterocycles. The summed E-state index contributed by atoms with van der Waals surface area (Å²) in [6.07, 6.45) is 3.59. The Hall–Kier alpha value is -1.82. The Morgan fingerprint density at radius 3 is 2.79 bits per heavy atom. The number of anilines is 1. The van der Waals surface area contributed by atoms with Gasteiger partial charge in [-0.3, -0.25) is 0 Å². The molecule has 0 radical (unpaired) electrons. The van der Waals surface area contributed by atoms with Crippen LogP contribution in [-0.4, -0.2) is 26.6 Å². The number of hydrogen-bond acceptors (Lipinski definition) is 5. The number of rotatable bonds is 4. The van der Waals surface area contributed by atoms with Crippen molar-refractivity contribution in [1.29, 1.82) is 0 Å². The van der Waals surface area contributed by atoms with Crippen LogP contribution in [0.15, 0.2) is 18.2 Å². The molecular formula is C12H17ClN6. The zero-order valence-electron chi connectivity index (χ0n) is 11.4. The summed E-state index contributed by atoms with van der Waals surface area (Å²) in [6.45, 7) is 6.06. The highest BCUT2D eigenvalue weighted by molar-refractivity contribution is 6.28. The molecule has 0 saturated heterocycles. The van der Waals surface area contributed by atoms with Crippen LogP contribution in [0.4, 0.5) is 5.82 Å². The SMILES string of the molecule is CN/C=C(\C)Nc1nc(Cl)nc2c1ncn2C(C)C. The molecule has 7 heteroatoms. The lowest BCUT2D eigenvalue weighted by Crippen LogP contribution is -2.06. The molecule has 0 bridgehead atoms. The minimum atomic E-state index is 0.203. The van der Waals surface area contributed by atoms with Crippen LogP contribution in [0.5, 0.6) is 0 Å². The van der Waals surface area contributed by atoms with E-state index in [2.05, 4.69) is 39.4 Å². The molecule has 0 aliphatic rings. The molecule has 0 spiro atoms. The van der Waals surface area contributed by atoms with Crippen molar-refractivity contribution in [1.82, 2.24) is 24.8 Å². The standard InChI is InChI=1S/C12H17ClN6/c1-7(2)19-6-15-9-10(16-8(3)5-14-4)17-12(13)18-11(9)19/h5-7,14H,1-4H3,(H,16,17,18)/b8-5+. The first-order valence-electron chi connectivity index (χ1n) is 6.04. The molecule has 2 rings (SSSR count). The van der Waals surface area contributed by atoms with Gasteiger partial charge in [-0.1, -0.05) is 0 Å². The fourth-order valence-electron chi connectivity index (χ4n) is 1.79. The molecule has 2 aromatic heterocycles. The molecular weight excluding hydrogens is 264 g/mol. The van der Waals surface area contributed by atoms with Gasteiger partial charge in [0, 0.05) is 25.0 Å². The molecule has 19 heavy (non-hydrogen) atoms. The van der Waals surface area contributed by atoms with Gasteiger partial charge < -0.3 is 15.2 Å². The lowest BCUT2D eigenvalue weighted by atomic mass is 10.4. The Morgan fingerprint density at radius 2 is 2.16 bits per heavy atom. The third kappa shape index (κ3) is 2.78. The molecule has 6 nitrogen and oxygen atoms in total. The molecule has 0 aliphatic carbocycles. The summed E-state index contributed by atoms with van der Waals surface area (Å²) in [7, 11) is 1.83. The van der Waals surface area contributed by atoms with Gasteiger partial charge in [0.25, 0.3) is 0 Å². The average molecular weight is 281 g/mol. The summed E-state index contributed by atoms with van der Waals surface area (Å²) in [5, 5.41) is 6.32. The summed E-state index contributed by atoms with van der Waals surface area (Å²) in [4.78, 5) is 12.8. The predicted octanol–water partition coefficient (Wildman–Crippen LogP) is 2.55. The predicted molar refractivity (Wildman–Crippen MR) is 77.2 cm³/mol. The van der Waals surface area contributed by atoms with E-state index in [0.717, 1.165) is 11.3 Å². The first-order chi connectivity index (χ1) is 9.02. The van der Waals surface area contributed by atoms with E-state index in [1.807, 2.05) is 24.7 Å². The Labute approximate surface area is 116 Å². The molecule has 0 aliphatic heterocycles. The van der Waals surface area contributed by atoms with Crippen molar-refractivity contribution in [3.05, 3.63) is 23.5 Å². The van der Waals surface area contributed by atoms with Crippen molar-refractivity contribution in [3.8, 4) is 0 Å². The van der Waals surface area contributed by atoms with E-state index in [-0.39, 0.29) is 11.3 Å². The Morgan fingerprint density at radius 1 is 1.42 bits per heavy atom. The third-order valence-corrected chi connectivity index (χ3v) is 2.80. The van der Waals surface area contributed by atoms with Crippen LogP contribution in [0.1, 0.15) is 26.8 Å². The van der Waals surface area contributed by atoms with Gasteiger partial charge in [0.1, 0.15) is 0 Å². The fourth-order valence-corrected chi connectivity index (χ4v) is 1.96. The first kappa shape index (κ1) is 13.6. The van der Waals surface area contributed by atoms with E-state index in [4.69, 9.17) is 11.6 Å². The van der Waals surface area contributed by atoms with Crippen LogP contribution in [0.3, 0.4) is 0 Å². The van der Waals surface area contributed by atoms with Crippen LogP contribution in [0.25, 0.3) is 11.2 Å². The van der Waals surface area contributed by atoms with E-state index >= 15 is 0 Å². The van der Waals surface area contributed by atoms with Crippen molar-refractivity contribution in [3.63, 3.8) is 0 Å². The second-order valence-corrected chi connectivity index (χ2v) is 4.84. The molecule has 0 unspecified atom stereocenters. The van der Waals surface area contributed by atoms with Crippen LogP contribution in [0, 0.1) is 0 Å². The number of fused-ring (bicyclic) bond motifs is 1. The van der Waals surface area contributed by atoms with Crippen molar-refractivity contribution in [2.75, 3.05) is 12.4 Å². The van der Waals surface area contributed by atoms with Crippen molar-refractivity contribution < 1.29 is 0 Å². The molecule has 102 valence electrons. The van der Waals surface area contributed by atoms with E-state index in [1.165, 1.54) is 0 Å². The largest absolute Gasteiger partial charge is 0.393 e. The number of nitrogens with zero attached hydrogens (tertiary/aromatic N) is 4. The number of hydrogen-bond donors (Lipinski definition) is 2. The molecule has 0 fully saturated rings. The van der Waals surface area contributed by atoms with Gasteiger partial charge in [-0.15, -0.1) is 0 Å². The molecule has 0 amide bonds. The number of aromatic nitrogens is 4. The minimum Gasteiger partial charge on any atom is -0.393 e. The van der Waals surface area contributed by atoms with Gasteiger partial charge in [0.2, 0.25) is 5.28 Å². The highest BCUT2D eigenvalue weighted by atomic mass is 35.5. The quantitative estimate of drug-likeness (QED) is 0.843. The lowest BCUT2D eigenvalue weighted by Gasteiger charge is -2.09. The van der Waals surface area contributed by atoms with E-state index in [1.54, 1.807) is 6.33 Å². The van der Waals surface area contributed by atoms with Gasteiger partial charge in [-0.25, -0.2) is 4.98 Å². The van der Waals surface area contributed by atoms with Gasteiger partial charge in [-0.2, -0.15) is 9.97 Å². The van der Waals surface area contributed by atoms with Crippen LogP contribution in [0.2, 0.25) is 5.28 Å². The molecule has 2 aromatic rings. The highest BCUT2D eigenvalue weighted by Crippen LogP contribution is 2.23. The monoisotopic (exact) mass is 280 g/mol. The molecule has 0 atom stereocenters. The number of halogens is 1. The van der Waals surface area contributed by atoms with E-state index in [9.17, 15) is 0 Å². The second-order valence-electron chi connectivity index (χ2n) is 4.50. The lowest BCUT2D eigenvalue weighted by molar-refractivity contribution is 0.612. The van der Waals surface area contributed by atoms with Gasteiger partial charge in [0.15, 0.2) is 17.0 Å². The second kappa shape index (κ2) is 5.44. The summed E-state index contributed by atoms with van der Waals surface area (Å²) >= 11 is 5.98. The molecule has 0 aromatic carbocycles. The maximum absolute atomic E-state index is 5.98. The summed E-state index contributed by atoms with van der Waals surface area (Å²) in [5.74, 6) is 0.610. The number of allylic oxidation sites excluding steroid dienone is 1. The fraction of sp³-hybridized carbons (Fsp3) is 0.417. The smallest absolute Gasteiger partial charge is 0.226 e. The number of imidazole rings is 1. The maximum atomic E-state index is 5.98. The van der Waals surface area contributed by atoms with Crippen molar-refractivity contribution in [2.45, 2.75) is 26.8 Å². The molecule has 0 saturated carbocycles. The average Bonchev–Trinajstić information content (AvgIpc) is 2.72. The normalized spacial score (nSPS) is 12.2. The topological polar surface area (TPSA) is 67.7 Å². The summed E-state index contributed by atoms with van der Waals surface area (Å²) < 4.78 is 1.96. The third-order valence-electron chi connectivity index (χ3n) is 2.63. The zero-order valence-corrected chi connectivity index (χ0v) is 12.2. The Bertz CT molecular complexity index is 616.